The minimum atomic E-state index is -4.65. The summed E-state index contributed by atoms with van der Waals surface area (Å²) in [4.78, 5) is 19.3. The number of halogens is 4. The molecule has 0 radical (unpaired) electrons. The molecule has 5 rings (SSSR count). The number of nitrogens with one attached hydrogen (secondary N) is 1. The monoisotopic (exact) mass is 614 g/mol. The smallest absolute Gasteiger partial charge is 0.255 e. The van der Waals surface area contributed by atoms with Crippen molar-refractivity contribution in [1.29, 1.82) is 0 Å². The van der Waals surface area contributed by atoms with Gasteiger partial charge in [-0.25, -0.2) is 40.6 Å². The number of carbonyl (C=O) groups excluding carboxylic acids is 1. The number of anilines is 1. The second-order valence-corrected chi connectivity index (χ2v) is 11.3. The average molecular weight is 615 g/mol. The van der Waals surface area contributed by atoms with Gasteiger partial charge in [0.1, 0.15) is 34.2 Å². The van der Waals surface area contributed by atoms with Crippen LogP contribution in [0.5, 0.6) is 11.5 Å². The minimum Gasteiger partial charge on any atom is -0.457 e. The molecule has 1 amide bonds. The number of para-hydroxylation sites is 1. The first kappa shape index (κ1) is 29.4. The van der Waals surface area contributed by atoms with Crippen LogP contribution in [0.1, 0.15) is 16.8 Å². The molecule has 2 heterocycles. The van der Waals surface area contributed by atoms with Crippen molar-refractivity contribution in [3.05, 3.63) is 89.8 Å². The normalized spacial score (nSPS) is 11.6. The molecule has 3 N–H and O–H groups in total. The number of nitrogen functional groups attached to an aromatic ring is 1. The minimum absolute atomic E-state index is 0.135. The van der Waals surface area contributed by atoms with Gasteiger partial charge in [-0.3, -0.25) is 4.79 Å². The second kappa shape index (κ2) is 11.7. The van der Waals surface area contributed by atoms with Gasteiger partial charge in [0.2, 0.25) is 0 Å². The molecule has 2 aromatic heterocycles. The molecule has 5 aromatic rings. The van der Waals surface area contributed by atoms with Crippen LogP contribution in [0.2, 0.25) is 0 Å². The maximum absolute atomic E-state index is 14.4. The Morgan fingerprint density at radius 3 is 2.26 bits per heavy atom. The summed E-state index contributed by atoms with van der Waals surface area (Å²) in [5.74, 6) is -8.95. The molecule has 0 atom stereocenters. The summed E-state index contributed by atoms with van der Waals surface area (Å²) >= 11 is 0. The molecule has 0 fully saturated rings. The van der Waals surface area contributed by atoms with Gasteiger partial charge in [-0.2, -0.15) is 5.10 Å². The molecule has 0 saturated carbocycles. The Bertz CT molecular complexity index is 1950. The molecule has 0 aliphatic heterocycles. The predicted octanol–water partition coefficient (Wildman–Crippen LogP) is 4.65. The first-order chi connectivity index (χ1) is 20.5. The quantitative estimate of drug-likeness (QED) is 0.0804. The Kier molecular flexibility index (Phi) is 8.00. The molecule has 15 heteroatoms. The van der Waals surface area contributed by atoms with Gasteiger partial charge >= 0.3 is 0 Å². The van der Waals surface area contributed by atoms with E-state index in [1.807, 2.05) is 30.3 Å². The summed E-state index contributed by atoms with van der Waals surface area (Å²) in [6, 6.07) is 16.3. The van der Waals surface area contributed by atoms with Crippen molar-refractivity contribution in [3.8, 4) is 22.8 Å². The van der Waals surface area contributed by atoms with Crippen LogP contribution in [0.15, 0.2) is 65.8 Å². The van der Waals surface area contributed by atoms with E-state index in [4.69, 9.17) is 10.5 Å². The first-order valence-electron chi connectivity index (χ1n) is 12.6. The van der Waals surface area contributed by atoms with E-state index in [9.17, 15) is 30.8 Å². The number of fused-ring (bicyclic) bond motifs is 1. The van der Waals surface area contributed by atoms with Crippen molar-refractivity contribution in [2.75, 3.05) is 18.5 Å². The lowest BCUT2D eigenvalue weighted by Crippen LogP contribution is -2.29. The molecular weight excluding hydrogens is 592 g/mol. The fourth-order valence-corrected chi connectivity index (χ4v) is 5.34. The van der Waals surface area contributed by atoms with Gasteiger partial charge in [0, 0.05) is 24.9 Å². The van der Waals surface area contributed by atoms with Gasteiger partial charge in [0.15, 0.2) is 38.8 Å². The van der Waals surface area contributed by atoms with E-state index in [1.54, 1.807) is 24.3 Å². The van der Waals surface area contributed by atoms with E-state index in [2.05, 4.69) is 20.4 Å². The van der Waals surface area contributed by atoms with E-state index in [1.165, 1.54) is 11.0 Å². The molecule has 222 valence electrons. The number of aryl methyl sites for hydroxylation is 1. The Morgan fingerprint density at radius 1 is 0.930 bits per heavy atom. The molecule has 0 unspecified atom stereocenters. The number of ether oxygens (including phenoxy) is 1. The maximum Gasteiger partial charge on any atom is 0.255 e. The Labute approximate surface area is 242 Å². The number of hydrogen-bond donors (Lipinski definition) is 2. The van der Waals surface area contributed by atoms with E-state index in [0.29, 0.717) is 40.0 Å². The van der Waals surface area contributed by atoms with E-state index in [-0.39, 0.29) is 25.3 Å². The largest absolute Gasteiger partial charge is 0.457 e. The topological polar surface area (TPSA) is 142 Å². The van der Waals surface area contributed by atoms with Crippen molar-refractivity contribution in [3.63, 3.8) is 0 Å². The van der Waals surface area contributed by atoms with Gasteiger partial charge in [0.05, 0.1) is 10.9 Å². The Hall–Kier alpha value is -5.05. The van der Waals surface area contributed by atoms with E-state index >= 15 is 0 Å². The van der Waals surface area contributed by atoms with Crippen LogP contribution < -0.4 is 15.8 Å². The number of rotatable bonds is 9. The molecule has 3 aromatic carbocycles. The summed E-state index contributed by atoms with van der Waals surface area (Å²) < 4.78 is 87.4. The Morgan fingerprint density at radius 2 is 1.58 bits per heavy atom. The van der Waals surface area contributed by atoms with Crippen molar-refractivity contribution in [2.45, 2.75) is 17.9 Å². The van der Waals surface area contributed by atoms with Crippen LogP contribution in [0.25, 0.3) is 22.3 Å². The number of sulfone groups is 1. The molecule has 0 aliphatic rings. The highest BCUT2D eigenvalue weighted by atomic mass is 32.2. The van der Waals surface area contributed by atoms with Crippen LogP contribution in [-0.2, 0) is 16.4 Å². The van der Waals surface area contributed by atoms with Gasteiger partial charge in [0.25, 0.3) is 5.91 Å². The van der Waals surface area contributed by atoms with Crippen molar-refractivity contribution in [2.24, 2.45) is 0 Å². The Balaban J connectivity index is 1.34. The lowest BCUT2D eigenvalue weighted by Gasteiger charge is -2.12. The van der Waals surface area contributed by atoms with Crippen LogP contribution in [0.3, 0.4) is 0 Å². The van der Waals surface area contributed by atoms with Gasteiger partial charge < -0.3 is 15.8 Å². The molecule has 0 bridgehead atoms. The number of nitrogens with two attached hydrogens (primary N) is 1. The maximum atomic E-state index is 14.4. The molecule has 10 nitrogen and oxygen atoms in total. The van der Waals surface area contributed by atoms with Gasteiger partial charge in [-0.1, -0.05) is 18.2 Å². The molecule has 43 heavy (non-hydrogen) atoms. The predicted molar refractivity (Wildman–Crippen MR) is 148 cm³/mol. The third-order valence-corrected chi connectivity index (χ3v) is 7.44. The van der Waals surface area contributed by atoms with Crippen molar-refractivity contribution in [1.82, 2.24) is 25.1 Å². The number of carbonyl (C=O) groups is 1. The summed E-state index contributed by atoms with van der Waals surface area (Å²) in [6.07, 6.45) is 1.83. The number of amides is 1. The van der Waals surface area contributed by atoms with E-state index in [0.717, 1.165) is 0 Å². The lowest BCUT2D eigenvalue weighted by atomic mass is 10.1. The fourth-order valence-electron chi connectivity index (χ4n) is 4.38. The SMILES string of the molecule is CS(=O)(=O)c1c(F)c(F)c(F)c(F)c1C(=O)NCCCn1nc(-c2ccc(Oc3ccccc3)cc2)c2c(N)ncnc21. The molecular formula is C28H22F4N6O4S. The van der Waals surface area contributed by atoms with Gasteiger partial charge in [-0.15, -0.1) is 0 Å². The molecule has 0 aliphatic carbocycles. The van der Waals surface area contributed by atoms with Crippen molar-refractivity contribution < 1.29 is 35.5 Å². The summed E-state index contributed by atoms with van der Waals surface area (Å²) in [7, 11) is -4.65. The second-order valence-electron chi connectivity index (χ2n) is 9.31. The zero-order valence-electron chi connectivity index (χ0n) is 22.3. The zero-order valence-corrected chi connectivity index (χ0v) is 23.1. The molecule has 0 saturated heterocycles. The number of nitrogens with zero attached hydrogens (tertiary/aromatic N) is 4. The summed E-state index contributed by atoms with van der Waals surface area (Å²) in [5.41, 5.74) is 6.22. The highest BCUT2D eigenvalue weighted by Gasteiger charge is 2.34. The zero-order chi connectivity index (χ0) is 30.9. The number of benzene rings is 3. The van der Waals surface area contributed by atoms with Crippen LogP contribution in [0.4, 0.5) is 23.4 Å². The summed E-state index contributed by atoms with van der Waals surface area (Å²) in [6.45, 7) is -0.0686. The van der Waals surface area contributed by atoms with Crippen LogP contribution in [-0.4, -0.2) is 46.9 Å². The summed E-state index contributed by atoms with van der Waals surface area (Å²) in [5, 5.41) is 7.28. The third-order valence-electron chi connectivity index (χ3n) is 6.32. The molecule has 0 spiro atoms. The first-order valence-corrected chi connectivity index (χ1v) is 14.5. The highest BCUT2D eigenvalue weighted by molar-refractivity contribution is 7.90. The average Bonchev–Trinajstić information content (AvgIpc) is 3.36. The van der Waals surface area contributed by atoms with Crippen LogP contribution >= 0.6 is 0 Å². The van der Waals surface area contributed by atoms with Gasteiger partial charge in [-0.05, 0) is 42.8 Å². The number of hydrogen-bond acceptors (Lipinski definition) is 8. The van der Waals surface area contributed by atoms with E-state index < -0.39 is 49.5 Å². The third kappa shape index (κ3) is 5.83. The lowest BCUT2D eigenvalue weighted by molar-refractivity contribution is 0.0942. The fraction of sp³-hybridized carbons (Fsp3) is 0.143. The van der Waals surface area contributed by atoms with Crippen molar-refractivity contribution >= 4 is 32.6 Å². The highest BCUT2D eigenvalue weighted by Crippen LogP contribution is 2.32. The van der Waals surface area contributed by atoms with Crippen LogP contribution in [0, 0.1) is 23.3 Å². The standard InChI is InChI=1S/C28H22F4N6O4S/c1-43(40,41)25-18(20(29)21(30)22(31)23(25)32)28(39)34-12-5-13-38-27-19(26(33)35-14-36-27)24(37-38)15-8-10-17(11-9-15)42-16-6-3-2-4-7-16/h2-4,6-11,14H,5,12-13H2,1H3,(H,34,39)(H2,33,35,36). The number of aromatic nitrogens is 4.